The molecule has 3 aromatic carbocycles. The lowest BCUT2D eigenvalue weighted by Gasteiger charge is -2.16. The third-order valence-corrected chi connectivity index (χ3v) is 4.46. The van der Waals surface area contributed by atoms with Crippen molar-refractivity contribution in [1.82, 2.24) is 0 Å². The van der Waals surface area contributed by atoms with Crippen molar-refractivity contribution >= 4 is 23.2 Å². The van der Waals surface area contributed by atoms with Crippen molar-refractivity contribution in [3.05, 3.63) is 77.9 Å². The van der Waals surface area contributed by atoms with Gasteiger partial charge in [0.2, 0.25) is 0 Å². The first kappa shape index (κ1) is 21.7. The van der Waals surface area contributed by atoms with Gasteiger partial charge in [0.25, 0.3) is 11.8 Å². The molecule has 0 aliphatic rings. The summed E-state index contributed by atoms with van der Waals surface area (Å²) in [7, 11) is 2.97. The molecular formula is C24H24N2O5. The summed E-state index contributed by atoms with van der Waals surface area (Å²) in [6.07, 6.45) is 0. The zero-order valence-electron chi connectivity index (χ0n) is 17.6. The summed E-state index contributed by atoms with van der Waals surface area (Å²) in [5.41, 5.74) is 1.77. The Bertz CT molecular complexity index is 1070. The molecule has 0 radical (unpaired) electrons. The van der Waals surface area contributed by atoms with Crippen LogP contribution in [0.4, 0.5) is 11.4 Å². The Morgan fingerprint density at radius 2 is 1.29 bits per heavy atom. The van der Waals surface area contributed by atoms with Gasteiger partial charge in [-0.05, 0) is 37.3 Å². The number of rotatable bonds is 8. The van der Waals surface area contributed by atoms with E-state index in [1.807, 2.05) is 13.0 Å². The minimum absolute atomic E-state index is 0.287. The van der Waals surface area contributed by atoms with Crippen LogP contribution < -0.4 is 24.8 Å². The second-order valence-electron chi connectivity index (χ2n) is 6.49. The van der Waals surface area contributed by atoms with Crippen LogP contribution in [0.3, 0.4) is 0 Å². The maximum atomic E-state index is 12.8. The van der Waals surface area contributed by atoms with Crippen LogP contribution in [0.1, 0.15) is 27.6 Å². The number of benzene rings is 3. The first-order chi connectivity index (χ1) is 15.0. The molecule has 0 heterocycles. The quantitative estimate of drug-likeness (QED) is 0.556. The maximum Gasteiger partial charge on any atom is 0.255 e. The van der Waals surface area contributed by atoms with E-state index in [2.05, 4.69) is 10.6 Å². The minimum atomic E-state index is -0.331. The van der Waals surface area contributed by atoms with Gasteiger partial charge in [-0.2, -0.15) is 0 Å². The van der Waals surface area contributed by atoms with Crippen molar-refractivity contribution in [2.24, 2.45) is 0 Å². The Morgan fingerprint density at radius 3 is 1.84 bits per heavy atom. The third-order valence-electron chi connectivity index (χ3n) is 4.46. The van der Waals surface area contributed by atoms with Crippen LogP contribution in [-0.4, -0.2) is 32.6 Å². The lowest BCUT2D eigenvalue weighted by atomic mass is 10.1. The van der Waals surface area contributed by atoms with Gasteiger partial charge in [0, 0.05) is 23.3 Å². The standard InChI is InChI=1S/C24H24N2O5/c1-4-31-18-12-8-11-17(13-18)24(28)26-20-15-21(29-2)19(14-22(20)30-3)25-23(27)16-9-6-5-7-10-16/h5-15H,4H2,1-3H3,(H,25,27)(H,26,28). The molecule has 7 nitrogen and oxygen atoms in total. The monoisotopic (exact) mass is 420 g/mol. The molecule has 0 spiro atoms. The van der Waals surface area contributed by atoms with E-state index >= 15 is 0 Å². The van der Waals surface area contributed by atoms with E-state index in [9.17, 15) is 9.59 Å². The summed E-state index contributed by atoms with van der Waals surface area (Å²) in [5, 5.41) is 5.63. The number of carbonyl (C=O) groups excluding carboxylic acids is 2. The Balaban J connectivity index is 1.85. The van der Waals surface area contributed by atoms with Crippen molar-refractivity contribution in [1.29, 1.82) is 0 Å². The van der Waals surface area contributed by atoms with E-state index in [1.165, 1.54) is 14.2 Å². The van der Waals surface area contributed by atoms with Crippen molar-refractivity contribution in [3.8, 4) is 17.2 Å². The van der Waals surface area contributed by atoms with E-state index in [1.54, 1.807) is 60.7 Å². The molecule has 0 bridgehead atoms. The highest BCUT2D eigenvalue weighted by molar-refractivity contribution is 6.07. The summed E-state index contributed by atoms with van der Waals surface area (Å²) in [6.45, 7) is 2.38. The molecule has 160 valence electrons. The fourth-order valence-corrected chi connectivity index (χ4v) is 2.97. The molecule has 0 atom stereocenters. The number of nitrogens with one attached hydrogen (secondary N) is 2. The highest BCUT2D eigenvalue weighted by Gasteiger charge is 2.17. The van der Waals surface area contributed by atoms with Crippen LogP contribution in [0.5, 0.6) is 17.2 Å². The predicted octanol–water partition coefficient (Wildman–Crippen LogP) is 4.61. The van der Waals surface area contributed by atoms with Gasteiger partial charge in [0.1, 0.15) is 17.2 Å². The Hall–Kier alpha value is -4.00. The van der Waals surface area contributed by atoms with Gasteiger partial charge in [-0.1, -0.05) is 24.3 Å². The molecule has 31 heavy (non-hydrogen) atoms. The summed E-state index contributed by atoms with van der Waals surface area (Å²) >= 11 is 0. The van der Waals surface area contributed by atoms with Gasteiger partial charge < -0.3 is 24.8 Å². The van der Waals surface area contributed by atoms with Crippen molar-refractivity contribution in [2.45, 2.75) is 6.92 Å². The Labute approximate surface area is 180 Å². The fraction of sp³-hybridized carbons (Fsp3) is 0.167. The molecule has 0 saturated carbocycles. The number of ether oxygens (including phenoxy) is 3. The number of carbonyl (C=O) groups is 2. The van der Waals surface area contributed by atoms with E-state index in [-0.39, 0.29) is 11.8 Å². The molecule has 3 rings (SSSR count). The molecule has 2 N–H and O–H groups in total. The smallest absolute Gasteiger partial charge is 0.255 e. The largest absolute Gasteiger partial charge is 0.494 e. The molecule has 0 aliphatic carbocycles. The molecule has 7 heteroatoms. The van der Waals surface area contributed by atoms with Crippen molar-refractivity contribution in [2.75, 3.05) is 31.5 Å². The third kappa shape index (κ3) is 5.33. The SMILES string of the molecule is CCOc1cccc(C(=O)Nc2cc(OC)c(NC(=O)c3ccccc3)cc2OC)c1. The van der Waals surface area contributed by atoms with Crippen molar-refractivity contribution in [3.63, 3.8) is 0 Å². The molecule has 0 fully saturated rings. The summed E-state index contributed by atoms with van der Waals surface area (Å²) in [5.74, 6) is 0.744. The van der Waals surface area contributed by atoms with Gasteiger partial charge in [0.05, 0.1) is 32.2 Å². The van der Waals surface area contributed by atoms with Crippen molar-refractivity contribution < 1.29 is 23.8 Å². The zero-order chi connectivity index (χ0) is 22.2. The molecule has 3 aromatic rings. The normalized spacial score (nSPS) is 10.2. The number of hydrogen-bond acceptors (Lipinski definition) is 5. The average molecular weight is 420 g/mol. The van der Waals surface area contributed by atoms with Crippen LogP contribution in [-0.2, 0) is 0 Å². The minimum Gasteiger partial charge on any atom is -0.494 e. The van der Waals surface area contributed by atoms with Gasteiger partial charge in [-0.3, -0.25) is 9.59 Å². The molecule has 0 saturated heterocycles. The zero-order valence-corrected chi connectivity index (χ0v) is 17.6. The Morgan fingerprint density at radius 1 is 0.742 bits per heavy atom. The van der Waals surface area contributed by atoms with E-state index in [4.69, 9.17) is 14.2 Å². The summed E-state index contributed by atoms with van der Waals surface area (Å²) in [4.78, 5) is 25.3. The van der Waals surface area contributed by atoms with Gasteiger partial charge >= 0.3 is 0 Å². The molecule has 2 amide bonds. The number of anilines is 2. The lowest BCUT2D eigenvalue weighted by molar-refractivity contribution is 0.101. The average Bonchev–Trinajstić information content (AvgIpc) is 2.80. The second kappa shape index (κ2) is 10.2. The Kier molecular flexibility index (Phi) is 7.11. The fourth-order valence-electron chi connectivity index (χ4n) is 2.97. The number of methoxy groups -OCH3 is 2. The first-order valence-corrected chi connectivity index (χ1v) is 9.72. The molecular weight excluding hydrogens is 396 g/mol. The molecule has 0 unspecified atom stereocenters. The van der Waals surface area contributed by atoms with Crippen LogP contribution >= 0.6 is 0 Å². The summed E-state index contributed by atoms with van der Waals surface area (Å²) < 4.78 is 16.3. The van der Waals surface area contributed by atoms with Gasteiger partial charge in [0.15, 0.2) is 0 Å². The van der Waals surface area contributed by atoms with Crippen LogP contribution in [0.25, 0.3) is 0 Å². The highest BCUT2D eigenvalue weighted by atomic mass is 16.5. The predicted molar refractivity (Wildman–Crippen MR) is 120 cm³/mol. The molecule has 0 aliphatic heterocycles. The van der Waals surface area contributed by atoms with Crippen LogP contribution in [0, 0.1) is 0 Å². The first-order valence-electron chi connectivity index (χ1n) is 9.72. The second-order valence-corrected chi connectivity index (χ2v) is 6.49. The van der Waals surface area contributed by atoms with Crippen LogP contribution in [0.15, 0.2) is 66.7 Å². The van der Waals surface area contributed by atoms with Gasteiger partial charge in [-0.25, -0.2) is 0 Å². The molecule has 0 aromatic heterocycles. The van der Waals surface area contributed by atoms with E-state index in [0.717, 1.165) is 0 Å². The maximum absolute atomic E-state index is 12.8. The highest BCUT2D eigenvalue weighted by Crippen LogP contribution is 2.37. The van der Waals surface area contributed by atoms with Gasteiger partial charge in [-0.15, -0.1) is 0 Å². The lowest BCUT2D eigenvalue weighted by Crippen LogP contribution is -2.15. The number of hydrogen-bond donors (Lipinski definition) is 2. The van der Waals surface area contributed by atoms with E-state index in [0.29, 0.717) is 46.4 Å². The topological polar surface area (TPSA) is 85.9 Å². The summed E-state index contributed by atoms with van der Waals surface area (Å²) in [6, 6.07) is 18.9. The van der Waals surface area contributed by atoms with Crippen LogP contribution in [0.2, 0.25) is 0 Å². The van der Waals surface area contributed by atoms with E-state index < -0.39 is 0 Å². The number of amides is 2.